The van der Waals surface area contributed by atoms with Crippen LogP contribution in [0, 0.1) is 42.7 Å². The topological polar surface area (TPSA) is 178 Å². The number of aromatic nitrogens is 6. The molecule has 0 unspecified atom stereocenters. The first-order valence-corrected chi connectivity index (χ1v) is 20.5. The van der Waals surface area contributed by atoms with Gasteiger partial charge in [-0.2, -0.15) is 9.59 Å². The standard InChI is InChI=1S/C19H15FN2O2.C11H11BrN2O2.C9H7BrN2O.C8H5F.CO2/c1-19(2,24)16-12-21-17-11-14(8-9-22(17)18(16)23)7-6-13-4-3-5-15(20)10-13;1-11(2,16)8-6-13-9-5-7(12)3-4-14(9)10(8)15;1-6-5-11-8-4-7(10)2-3-12(8)9(6)13;1-2-7-4-3-5-8(9)6-7;2-1-3/h3-5,8-12,24H,1-2H3;3-6,16H,1-2H3;2-5H,1H3;1,3-6H;. The van der Waals surface area contributed by atoms with Crippen LogP contribution >= 0.6 is 31.9 Å². The van der Waals surface area contributed by atoms with Crippen LogP contribution in [-0.2, 0) is 20.8 Å². The molecular weight excluding hydrogens is 970 g/mol. The molecule has 13 nitrogen and oxygen atoms in total. The summed E-state index contributed by atoms with van der Waals surface area (Å²) in [6, 6.07) is 22.4. The van der Waals surface area contributed by atoms with Gasteiger partial charge in [-0.3, -0.25) is 27.6 Å². The minimum Gasteiger partial charge on any atom is -0.385 e. The Morgan fingerprint density at radius 1 is 0.585 bits per heavy atom. The average molecular weight is 1010 g/mol. The fourth-order valence-corrected chi connectivity index (χ4v) is 6.12. The van der Waals surface area contributed by atoms with E-state index in [2.05, 4.69) is 64.6 Å². The predicted molar refractivity (Wildman–Crippen MR) is 247 cm³/mol. The van der Waals surface area contributed by atoms with Gasteiger partial charge < -0.3 is 10.2 Å². The quantitative estimate of drug-likeness (QED) is 0.169. The second kappa shape index (κ2) is 22.4. The second-order valence-corrected chi connectivity index (χ2v) is 16.4. The normalized spacial score (nSPS) is 10.5. The number of rotatable bonds is 2. The van der Waals surface area contributed by atoms with E-state index >= 15 is 0 Å². The van der Waals surface area contributed by atoms with Crippen molar-refractivity contribution in [3.8, 4) is 24.2 Å². The number of halogens is 4. The van der Waals surface area contributed by atoms with Gasteiger partial charge in [0.2, 0.25) is 0 Å². The van der Waals surface area contributed by atoms with Crippen molar-refractivity contribution in [3.05, 3.63) is 207 Å². The zero-order valence-corrected chi connectivity index (χ0v) is 38.4. The van der Waals surface area contributed by atoms with Crippen molar-refractivity contribution in [2.24, 2.45) is 0 Å². The predicted octanol–water partition coefficient (Wildman–Crippen LogP) is 7.13. The molecule has 8 aromatic rings. The van der Waals surface area contributed by atoms with Gasteiger partial charge >= 0.3 is 6.15 Å². The highest BCUT2D eigenvalue weighted by atomic mass is 79.9. The number of fused-ring (bicyclic) bond motifs is 3. The van der Waals surface area contributed by atoms with E-state index in [1.807, 2.05) is 6.07 Å². The lowest BCUT2D eigenvalue weighted by atomic mass is 10.0. The summed E-state index contributed by atoms with van der Waals surface area (Å²) >= 11 is 6.63. The lowest BCUT2D eigenvalue weighted by molar-refractivity contribution is -0.191. The van der Waals surface area contributed by atoms with E-state index in [9.17, 15) is 33.4 Å². The number of aryl methyl sites for hydroxylation is 1. The first-order chi connectivity index (χ1) is 30.7. The van der Waals surface area contributed by atoms with Gasteiger partial charge in [0.15, 0.2) is 0 Å². The number of nitrogens with zero attached hydrogens (tertiary/aromatic N) is 6. The molecular formula is C48H38Br2F2N6O7. The van der Waals surface area contributed by atoms with E-state index in [1.165, 1.54) is 63.7 Å². The van der Waals surface area contributed by atoms with E-state index in [4.69, 9.17) is 16.0 Å². The Balaban J connectivity index is 0.000000196. The van der Waals surface area contributed by atoms with Gasteiger partial charge in [0, 0.05) is 68.4 Å². The Labute approximate surface area is 387 Å². The summed E-state index contributed by atoms with van der Waals surface area (Å²) in [5.74, 6) is 7.50. The summed E-state index contributed by atoms with van der Waals surface area (Å²) in [5.41, 5.74) is 1.57. The Hall–Kier alpha value is -7.24. The third-order valence-electron chi connectivity index (χ3n) is 8.71. The van der Waals surface area contributed by atoms with Gasteiger partial charge in [0.25, 0.3) is 16.7 Å². The zero-order chi connectivity index (χ0) is 48.1. The molecule has 0 saturated heterocycles. The van der Waals surface area contributed by atoms with Gasteiger partial charge in [0.1, 0.15) is 28.6 Å². The van der Waals surface area contributed by atoms with Crippen molar-refractivity contribution >= 4 is 55.0 Å². The van der Waals surface area contributed by atoms with Gasteiger partial charge in [-0.1, -0.05) is 61.8 Å². The average Bonchev–Trinajstić information content (AvgIpc) is 3.24. The second-order valence-electron chi connectivity index (χ2n) is 14.6. The van der Waals surface area contributed by atoms with Crippen LogP contribution < -0.4 is 16.7 Å². The van der Waals surface area contributed by atoms with Crippen LogP contribution in [0.2, 0.25) is 0 Å². The summed E-state index contributed by atoms with van der Waals surface area (Å²) in [6.45, 7) is 7.96. The lowest BCUT2D eigenvalue weighted by Gasteiger charge is -2.16. The Morgan fingerprint density at radius 2 is 0.969 bits per heavy atom. The van der Waals surface area contributed by atoms with Crippen LogP contribution in [-0.4, -0.2) is 44.5 Å². The van der Waals surface area contributed by atoms with Crippen molar-refractivity contribution in [2.45, 2.75) is 45.8 Å². The van der Waals surface area contributed by atoms with Crippen molar-refractivity contribution in [3.63, 3.8) is 0 Å². The van der Waals surface area contributed by atoms with Crippen LogP contribution in [0.4, 0.5) is 8.78 Å². The van der Waals surface area contributed by atoms with Crippen molar-refractivity contribution in [1.82, 2.24) is 28.2 Å². The van der Waals surface area contributed by atoms with Crippen LogP contribution in [0.15, 0.2) is 145 Å². The van der Waals surface area contributed by atoms with Crippen molar-refractivity contribution < 1.29 is 28.6 Å². The van der Waals surface area contributed by atoms with Gasteiger partial charge in [-0.15, -0.1) is 6.42 Å². The molecule has 6 heterocycles. The third kappa shape index (κ3) is 14.1. The molecule has 330 valence electrons. The number of terminal acetylenes is 1. The van der Waals surface area contributed by atoms with E-state index in [0.29, 0.717) is 39.2 Å². The maximum atomic E-state index is 13.1. The van der Waals surface area contributed by atoms with E-state index in [1.54, 1.807) is 100 Å². The maximum Gasteiger partial charge on any atom is 0.373 e. The highest BCUT2D eigenvalue weighted by molar-refractivity contribution is 9.10. The van der Waals surface area contributed by atoms with E-state index in [-0.39, 0.29) is 45.6 Å². The van der Waals surface area contributed by atoms with Crippen molar-refractivity contribution in [2.75, 3.05) is 0 Å². The number of carbonyl (C=O) groups excluding carboxylic acids is 2. The molecule has 0 atom stereocenters. The highest BCUT2D eigenvalue weighted by Gasteiger charge is 2.22. The van der Waals surface area contributed by atoms with Crippen LogP contribution in [0.5, 0.6) is 0 Å². The summed E-state index contributed by atoms with van der Waals surface area (Å²) in [7, 11) is 0. The summed E-state index contributed by atoms with van der Waals surface area (Å²) in [6.07, 6.45) is 14.5. The first-order valence-electron chi connectivity index (χ1n) is 18.9. The molecule has 2 aromatic carbocycles. The molecule has 17 heteroatoms. The Kier molecular flexibility index (Phi) is 17.4. The van der Waals surface area contributed by atoms with Gasteiger partial charge in [0.05, 0.1) is 22.3 Å². The third-order valence-corrected chi connectivity index (χ3v) is 9.70. The van der Waals surface area contributed by atoms with Crippen LogP contribution in [0.3, 0.4) is 0 Å². The smallest absolute Gasteiger partial charge is 0.373 e. The van der Waals surface area contributed by atoms with E-state index < -0.39 is 11.2 Å². The van der Waals surface area contributed by atoms with Crippen molar-refractivity contribution in [1.29, 1.82) is 0 Å². The van der Waals surface area contributed by atoms with Crippen LogP contribution in [0.25, 0.3) is 16.9 Å². The number of benzene rings is 2. The molecule has 0 aliphatic rings. The molecule has 0 bridgehead atoms. The molecule has 0 fully saturated rings. The van der Waals surface area contributed by atoms with Gasteiger partial charge in [-0.05, 0) is 107 Å². The minimum absolute atomic E-state index is 0.0162. The SMILES string of the molecule is C#Cc1cccc(F)c1.CC(C)(O)c1cnc2cc(Br)ccn2c1=O.CC(C)(O)c1cnc2cc(C#Cc3cccc(F)c3)ccn2c1=O.Cc1cnc2cc(Br)ccn2c1=O.O=C=O. The molecule has 0 aliphatic heterocycles. The zero-order valence-electron chi connectivity index (χ0n) is 35.3. The molecule has 65 heavy (non-hydrogen) atoms. The fraction of sp³-hybridized carbons (Fsp3) is 0.146. The number of pyridine rings is 3. The Bertz CT molecular complexity index is 3330. The summed E-state index contributed by atoms with van der Waals surface area (Å²) in [5, 5.41) is 19.8. The monoisotopic (exact) mass is 1010 g/mol. The van der Waals surface area contributed by atoms with Gasteiger partial charge in [-0.25, -0.2) is 23.7 Å². The molecule has 0 aliphatic carbocycles. The van der Waals surface area contributed by atoms with Crippen LogP contribution in [0.1, 0.15) is 61.1 Å². The molecule has 6 aromatic heterocycles. The molecule has 0 saturated carbocycles. The number of hydrogen-bond donors (Lipinski definition) is 2. The highest BCUT2D eigenvalue weighted by Crippen LogP contribution is 2.17. The molecule has 2 N–H and O–H groups in total. The minimum atomic E-state index is -1.26. The largest absolute Gasteiger partial charge is 0.385 e. The number of aliphatic hydroxyl groups is 2. The fourth-order valence-electron chi connectivity index (χ4n) is 5.47. The molecule has 0 radical (unpaired) electrons. The number of hydrogen-bond acceptors (Lipinski definition) is 10. The summed E-state index contributed by atoms with van der Waals surface area (Å²) < 4.78 is 31.5. The van der Waals surface area contributed by atoms with E-state index in [0.717, 1.165) is 8.95 Å². The Morgan fingerprint density at radius 3 is 1.40 bits per heavy atom. The lowest BCUT2D eigenvalue weighted by Crippen LogP contribution is -2.29. The molecule has 0 spiro atoms. The maximum absolute atomic E-state index is 13.1. The molecule has 8 rings (SSSR count). The first kappa shape index (κ1) is 50.4. The summed E-state index contributed by atoms with van der Waals surface area (Å²) in [4.78, 5) is 64.7. The molecule has 0 amide bonds.